The number of anilines is 1. The summed E-state index contributed by atoms with van der Waals surface area (Å²) >= 11 is 0. The van der Waals surface area contributed by atoms with E-state index in [0.717, 1.165) is 32.0 Å². The Kier molecular flexibility index (Phi) is 5.43. The molecule has 7 heteroatoms. The summed E-state index contributed by atoms with van der Waals surface area (Å²) in [4.78, 5) is 23.5. The smallest absolute Gasteiger partial charge is 0.257 e. The Labute approximate surface area is 136 Å². The van der Waals surface area contributed by atoms with Gasteiger partial charge in [-0.05, 0) is 12.1 Å². The number of pyridine rings is 1. The van der Waals surface area contributed by atoms with Gasteiger partial charge in [-0.15, -0.1) is 0 Å². The average molecular weight is 320 g/mol. The zero-order chi connectivity index (χ0) is 16.1. The highest BCUT2D eigenvalue weighted by Gasteiger charge is 2.26. The van der Waals surface area contributed by atoms with E-state index in [2.05, 4.69) is 14.8 Å². The summed E-state index contributed by atoms with van der Waals surface area (Å²) in [6.45, 7) is 6.70. The molecule has 3 heterocycles. The van der Waals surface area contributed by atoms with E-state index >= 15 is 0 Å². The zero-order valence-electron chi connectivity index (χ0n) is 13.4. The van der Waals surface area contributed by atoms with Gasteiger partial charge in [0.05, 0.1) is 25.4 Å². The lowest BCUT2D eigenvalue weighted by molar-refractivity contribution is 0.0614. The predicted octanol–water partition coefficient (Wildman–Crippen LogP) is -0.332. The molecule has 1 aromatic rings. The number of hydrogen-bond donors (Lipinski definition) is 1. The molecule has 0 radical (unpaired) electrons. The highest BCUT2D eigenvalue weighted by molar-refractivity contribution is 5.99. The number of aliphatic hydroxyl groups is 1. The van der Waals surface area contributed by atoms with Crippen LogP contribution in [0.15, 0.2) is 18.3 Å². The first-order valence-corrected chi connectivity index (χ1v) is 8.20. The molecule has 3 rings (SSSR count). The van der Waals surface area contributed by atoms with Crippen molar-refractivity contribution in [3.63, 3.8) is 0 Å². The number of piperazine rings is 1. The van der Waals surface area contributed by atoms with Gasteiger partial charge in [-0.25, -0.2) is 4.98 Å². The van der Waals surface area contributed by atoms with Gasteiger partial charge in [0.1, 0.15) is 5.82 Å². The summed E-state index contributed by atoms with van der Waals surface area (Å²) in [5.41, 5.74) is 0.671. The van der Waals surface area contributed by atoms with Crippen molar-refractivity contribution in [2.75, 3.05) is 70.5 Å². The van der Waals surface area contributed by atoms with Crippen LogP contribution < -0.4 is 4.90 Å². The standard InChI is InChI=1S/C16H24N4O3/c21-11-8-18-4-6-20(7-5-18)16(22)14-2-1-3-17-15(14)19-9-12-23-13-10-19/h1-3,21H,4-13H2. The van der Waals surface area contributed by atoms with Crippen LogP contribution in [0.4, 0.5) is 5.82 Å². The van der Waals surface area contributed by atoms with Gasteiger partial charge >= 0.3 is 0 Å². The second-order valence-corrected chi connectivity index (χ2v) is 5.83. The van der Waals surface area contributed by atoms with E-state index in [1.54, 1.807) is 6.20 Å². The molecule has 2 saturated heterocycles. The molecule has 23 heavy (non-hydrogen) atoms. The van der Waals surface area contributed by atoms with Crippen LogP contribution in [0.2, 0.25) is 0 Å². The number of aromatic nitrogens is 1. The molecule has 126 valence electrons. The highest BCUT2D eigenvalue weighted by Crippen LogP contribution is 2.20. The van der Waals surface area contributed by atoms with Crippen LogP contribution in [0.25, 0.3) is 0 Å². The summed E-state index contributed by atoms with van der Waals surface area (Å²) in [5, 5.41) is 9.01. The fraction of sp³-hybridized carbons (Fsp3) is 0.625. The molecule has 0 saturated carbocycles. The number of β-amino-alcohol motifs (C(OH)–C–C–N with tert-alkyl or cyclic N) is 1. The van der Waals surface area contributed by atoms with Crippen LogP contribution in [0.1, 0.15) is 10.4 Å². The average Bonchev–Trinajstić information content (AvgIpc) is 2.63. The topological polar surface area (TPSA) is 69.1 Å². The van der Waals surface area contributed by atoms with Gasteiger partial charge in [0.15, 0.2) is 0 Å². The molecule has 1 N–H and O–H groups in total. The van der Waals surface area contributed by atoms with E-state index in [1.165, 1.54) is 0 Å². The Morgan fingerprint density at radius 1 is 1.17 bits per heavy atom. The molecule has 0 aliphatic carbocycles. The maximum atomic E-state index is 12.9. The molecule has 0 aromatic carbocycles. The number of morpholine rings is 1. The lowest BCUT2D eigenvalue weighted by atomic mass is 10.2. The largest absolute Gasteiger partial charge is 0.395 e. The van der Waals surface area contributed by atoms with E-state index < -0.39 is 0 Å². The van der Waals surface area contributed by atoms with Crippen molar-refractivity contribution in [1.82, 2.24) is 14.8 Å². The Morgan fingerprint density at radius 2 is 1.91 bits per heavy atom. The molecule has 0 atom stereocenters. The van der Waals surface area contributed by atoms with Gasteiger partial charge in [-0.1, -0.05) is 0 Å². The minimum atomic E-state index is 0.0447. The first-order valence-electron chi connectivity index (χ1n) is 8.20. The third-order valence-electron chi connectivity index (χ3n) is 4.40. The van der Waals surface area contributed by atoms with E-state index in [-0.39, 0.29) is 12.5 Å². The van der Waals surface area contributed by atoms with Crippen molar-refractivity contribution >= 4 is 11.7 Å². The zero-order valence-corrected chi connectivity index (χ0v) is 13.4. The van der Waals surface area contributed by atoms with Gasteiger partial charge in [0.2, 0.25) is 0 Å². The van der Waals surface area contributed by atoms with Crippen molar-refractivity contribution in [1.29, 1.82) is 0 Å². The van der Waals surface area contributed by atoms with Crippen LogP contribution in [0.5, 0.6) is 0 Å². The maximum absolute atomic E-state index is 12.9. The Morgan fingerprint density at radius 3 is 2.61 bits per heavy atom. The monoisotopic (exact) mass is 320 g/mol. The van der Waals surface area contributed by atoms with Crippen LogP contribution in [-0.2, 0) is 4.74 Å². The Hall–Kier alpha value is -1.70. The number of nitrogens with zero attached hydrogens (tertiary/aromatic N) is 4. The summed E-state index contributed by atoms with van der Waals surface area (Å²) in [6.07, 6.45) is 1.74. The van der Waals surface area contributed by atoms with Crippen molar-refractivity contribution in [3.05, 3.63) is 23.9 Å². The van der Waals surface area contributed by atoms with Crippen LogP contribution >= 0.6 is 0 Å². The lowest BCUT2D eigenvalue weighted by Gasteiger charge is -2.35. The quantitative estimate of drug-likeness (QED) is 0.819. The van der Waals surface area contributed by atoms with Gasteiger partial charge in [-0.2, -0.15) is 0 Å². The van der Waals surface area contributed by atoms with E-state index in [1.807, 2.05) is 17.0 Å². The molecule has 1 aromatic heterocycles. The molecule has 2 aliphatic rings. The van der Waals surface area contributed by atoms with Gasteiger partial charge in [0, 0.05) is 52.0 Å². The van der Waals surface area contributed by atoms with Gasteiger partial charge in [0.25, 0.3) is 5.91 Å². The third kappa shape index (κ3) is 3.80. The first kappa shape index (κ1) is 16.2. The van der Waals surface area contributed by atoms with Crippen LogP contribution in [-0.4, -0.2) is 91.4 Å². The van der Waals surface area contributed by atoms with Crippen LogP contribution in [0.3, 0.4) is 0 Å². The Balaban J connectivity index is 1.70. The SMILES string of the molecule is O=C(c1cccnc1N1CCOCC1)N1CCN(CCO)CC1. The minimum Gasteiger partial charge on any atom is -0.395 e. The van der Waals surface area contributed by atoms with Crippen molar-refractivity contribution < 1.29 is 14.6 Å². The maximum Gasteiger partial charge on any atom is 0.257 e. The van der Waals surface area contributed by atoms with E-state index in [0.29, 0.717) is 38.4 Å². The van der Waals surface area contributed by atoms with Crippen LogP contribution in [0, 0.1) is 0 Å². The van der Waals surface area contributed by atoms with Crippen molar-refractivity contribution in [2.24, 2.45) is 0 Å². The molecule has 7 nitrogen and oxygen atoms in total. The van der Waals surface area contributed by atoms with Crippen molar-refractivity contribution in [3.8, 4) is 0 Å². The van der Waals surface area contributed by atoms with E-state index in [4.69, 9.17) is 9.84 Å². The first-order chi connectivity index (χ1) is 11.3. The number of hydrogen-bond acceptors (Lipinski definition) is 6. The summed E-state index contributed by atoms with van der Waals surface area (Å²) in [5.74, 6) is 0.807. The molecular formula is C16H24N4O3. The second-order valence-electron chi connectivity index (χ2n) is 5.83. The summed E-state index contributed by atoms with van der Waals surface area (Å²) < 4.78 is 5.38. The number of aliphatic hydroxyl groups excluding tert-OH is 1. The molecule has 2 aliphatic heterocycles. The summed E-state index contributed by atoms with van der Waals surface area (Å²) in [7, 11) is 0. The number of amides is 1. The molecular weight excluding hydrogens is 296 g/mol. The predicted molar refractivity (Wildman–Crippen MR) is 86.7 cm³/mol. The number of ether oxygens (including phenoxy) is 1. The summed E-state index contributed by atoms with van der Waals surface area (Å²) in [6, 6.07) is 3.68. The lowest BCUT2D eigenvalue weighted by Crippen LogP contribution is -2.49. The normalized spacial score (nSPS) is 19.9. The Bertz CT molecular complexity index is 526. The van der Waals surface area contributed by atoms with Gasteiger partial charge < -0.3 is 19.6 Å². The third-order valence-corrected chi connectivity index (χ3v) is 4.40. The molecule has 0 spiro atoms. The number of rotatable bonds is 4. The molecule has 0 unspecified atom stereocenters. The molecule has 2 fully saturated rings. The fourth-order valence-corrected chi connectivity index (χ4v) is 3.08. The molecule has 1 amide bonds. The molecule has 0 bridgehead atoms. The minimum absolute atomic E-state index is 0.0447. The second kappa shape index (κ2) is 7.72. The highest BCUT2D eigenvalue weighted by atomic mass is 16.5. The fourth-order valence-electron chi connectivity index (χ4n) is 3.08. The van der Waals surface area contributed by atoms with Crippen molar-refractivity contribution in [2.45, 2.75) is 0 Å². The van der Waals surface area contributed by atoms with E-state index in [9.17, 15) is 4.79 Å². The van der Waals surface area contributed by atoms with Gasteiger partial charge in [-0.3, -0.25) is 9.69 Å². The number of carbonyl (C=O) groups excluding carboxylic acids is 1. The number of carbonyl (C=O) groups is 1.